The van der Waals surface area contributed by atoms with Crippen molar-refractivity contribution in [3.63, 3.8) is 0 Å². The van der Waals surface area contributed by atoms with Crippen molar-refractivity contribution in [2.24, 2.45) is 5.73 Å². The smallest absolute Gasteiger partial charge is 0.178 e. The van der Waals surface area contributed by atoms with Crippen molar-refractivity contribution in [2.75, 3.05) is 0 Å². The van der Waals surface area contributed by atoms with Gasteiger partial charge in [-0.1, -0.05) is 13.0 Å². The van der Waals surface area contributed by atoms with Gasteiger partial charge in [0.2, 0.25) is 0 Å². The first kappa shape index (κ1) is 11.5. The van der Waals surface area contributed by atoms with E-state index in [0.29, 0.717) is 17.8 Å². The van der Waals surface area contributed by atoms with Crippen LogP contribution in [0.3, 0.4) is 0 Å². The van der Waals surface area contributed by atoms with Gasteiger partial charge in [0.25, 0.3) is 0 Å². The molecule has 1 heterocycles. The highest BCUT2D eigenvalue weighted by Gasteiger charge is 2.15. The number of nitrogens with zero attached hydrogens (tertiary/aromatic N) is 1. The Morgan fingerprint density at radius 3 is 2.67 bits per heavy atom. The second kappa shape index (κ2) is 4.79. The molecule has 4 nitrogen and oxygen atoms in total. The van der Waals surface area contributed by atoms with Crippen LogP contribution in [0.25, 0.3) is 0 Å². The van der Waals surface area contributed by atoms with Gasteiger partial charge in [0.15, 0.2) is 11.6 Å². The first-order chi connectivity index (χ1) is 7.06. The van der Waals surface area contributed by atoms with Gasteiger partial charge in [-0.05, 0) is 12.1 Å². The van der Waals surface area contributed by atoms with Gasteiger partial charge in [-0.2, -0.15) is 0 Å². The fraction of sp³-hybridized carbons (Fsp3) is 0.364. The summed E-state index contributed by atoms with van der Waals surface area (Å²) >= 11 is 0. The summed E-state index contributed by atoms with van der Waals surface area (Å²) in [4.78, 5) is 26.5. The molecular formula is C11H14N2O2. The fourth-order valence-electron chi connectivity index (χ4n) is 1.21. The van der Waals surface area contributed by atoms with Gasteiger partial charge < -0.3 is 5.73 Å². The maximum Gasteiger partial charge on any atom is 0.178 e. The molecule has 0 fully saturated rings. The molecule has 1 aromatic heterocycles. The Balaban J connectivity index is 3.00. The molecule has 0 radical (unpaired) electrons. The molecular weight excluding hydrogens is 192 g/mol. The molecule has 4 heteroatoms. The van der Waals surface area contributed by atoms with Crippen LogP contribution in [0.15, 0.2) is 18.2 Å². The maximum absolute atomic E-state index is 11.3. The Morgan fingerprint density at radius 2 is 2.13 bits per heavy atom. The van der Waals surface area contributed by atoms with Crippen molar-refractivity contribution in [1.82, 2.24) is 4.98 Å². The predicted octanol–water partition coefficient (Wildman–Crippen LogP) is 1.26. The second-order valence-corrected chi connectivity index (χ2v) is 3.30. The molecule has 1 aromatic rings. The number of hydrogen-bond donors (Lipinski definition) is 1. The number of hydrogen-bond acceptors (Lipinski definition) is 4. The maximum atomic E-state index is 11.3. The van der Waals surface area contributed by atoms with Crippen molar-refractivity contribution in [3.8, 4) is 0 Å². The minimum absolute atomic E-state index is 0.0804. The standard InChI is InChI=1S/C11H14N2O2/c1-3-10(15)11(12)9-6-4-5-8(13-9)7(2)14/h4-6,11H,3,12H2,1-2H3. The molecule has 2 N–H and O–H groups in total. The summed E-state index contributed by atoms with van der Waals surface area (Å²) in [5, 5.41) is 0. The Hall–Kier alpha value is -1.55. The predicted molar refractivity (Wildman–Crippen MR) is 56.5 cm³/mol. The molecule has 0 saturated heterocycles. The van der Waals surface area contributed by atoms with E-state index in [-0.39, 0.29) is 11.6 Å². The lowest BCUT2D eigenvalue weighted by atomic mass is 10.1. The average Bonchev–Trinajstić information content (AvgIpc) is 2.27. The van der Waals surface area contributed by atoms with Gasteiger partial charge in [-0.25, -0.2) is 4.98 Å². The zero-order chi connectivity index (χ0) is 11.4. The van der Waals surface area contributed by atoms with Gasteiger partial charge in [0.1, 0.15) is 11.7 Å². The number of aromatic nitrogens is 1. The minimum atomic E-state index is -0.728. The summed E-state index contributed by atoms with van der Waals surface area (Å²) < 4.78 is 0. The number of pyridine rings is 1. The first-order valence-electron chi connectivity index (χ1n) is 4.82. The molecule has 0 spiro atoms. The van der Waals surface area contributed by atoms with Gasteiger partial charge in [0, 0.05) is 13.3 Å². The third-order valence-electron chi connectivity index (χ3n) is 2.15. The lowest BCUT2D eigenvalue weighted by Gasteiger charge is -2.09. The fourth-order valence-corrected chi connectivity index (χ4v) is 1.21. The highest BCUT2D eigenvalue weighted by atomic mass is 16.1. The molecule has 0 aliphatic carbocycles. The quantitative estimate of drug-likeness (QED) is 0.753. The summed E-state index contributed by atoms with van der Waals surface area (Å²) in [7, 11) is 0. The van der Waals surface area contributed by atoms with E-state index in [1.165, 1.54) is 6.92 Å². The van der Waals surface area contributed by atoms with E-state index in [9.17, 15) is 9.59 Å². The summed E-state index contributed by atoms with van der Waals surface area (Å²) in [5.41, 5.74) is 6.49. The minimum Gasteiger partial charge on any atom is -0.317 e. The van der Waals surface area contributed by atoms with E-state index < -0.39 is 6.04 Å². The van der Waals surface area contributed by atoms with Crippen molar-refractivity contribution in [1.29, 1.82) is 0 Å². The van der Waals surface area contributed by atoms with Crippen LogP contribution in [0.5, 0.6) is 0 Å². The van der Waals surface area contributed by atoms with Gasteiger partial charge in [-0.3, -0.25) is 9.59 Å². The molecule has 1 atom stereocenters. The van der Waals surface area contributed by atoms with E-state index >= 15 is 0 Å². The van der Waals surface area contributed by atoms with E-state index in [1.54, 1.807) is 25.1 Å². The molecule has 0 aliphatic rings. The number of carbonyl (C=O) groups is 2. The Morgan fingerprint density at radius 1 is 1.47 bits per heavy atom. The van der Waals surface area contributed by atoms with Crippen LogP contribution in [0, 0.1) is 0 Å². The molecule has 0 aromatic carbocycles. The zero-order valence-corrected chi connectivity index (χ0v) is 8.86. The van der Waals surface area contributed by atoms with Crippen LogP contribution in [-0.4, -0.2) is 16.6 Å². The van der Waals surface area contributed by atoms with Crippen LogP contribution < -0.4 is 5.73 Å². The monoisotopic (exact) mass is 206 g/mol. The average molecular weight is 206 g/mol. The molecule has 1 rings (SSSR count). The Labute approximate surface area is 88.5 Å². The highest BCUT2D eigenvalue weighted by Crippen LogP contribution is 2.11. The number of Topliss-reactive ketones (excluding diaryl/α,β-unsaturated/α-hetero) is 2. The van der Waals surface area contributed by atoms with Crippen LogP contribution in [-0.2, 0) is 4.79 Å². The zero-order valence-electron chi connectivity index (χ0n) is 8.86. The lowest BCUT2D eigenvalue weighted by molar-refractivity contribution is -0.120. The van der Waals surface area contributed by atoms with E-state index in [1.807, 2.05) is 0 Å². The lowest BCUT2D eigenvalue weighted by Crippen LogP contribution is -2.22. The number of rotatable bonds is 4. The molecule has 0 bridgehead atoms. The van der Waals surface area contributed by atoms with Crippen molar-refractivity contribution in [2.45, 2.75) is 26.3 Å². The number of nitrogens with two attached hydrogens (primary N) is 1. The topological polar surface area (TPSA) is 73.1 Å². The van der Waals surface area contributed by atoms with Gasteiger partial charge >= 0.3 is 0 Å². The third kappa shape index (κ3) is 2.70. The summed E-state index contributed by atoms with van der Waals surface area (Å²) in [6.07, 6.45) is 0.368. The summed E-state index contributed by atoms with van der Waals surface area (Å²) in [6.45, 7) is 3.18. The van der Waals surface area contributed by atoms with Crippen molar-refractivity contribution in [3.05, 3.63) is 29.6 Å². The molecule has 0 amide bonds. The summed E-state index contributed by atoms with van der Waals surface area (Å²) in [6, 6.07) is 4.22. The number of carbonyl (C=O) groups excluding carboxylic acids is 2. The molecule has 0 saturated carbocycles. The largest absolute Gasteiger partial charge is 0.317 e. The molecule has 15 heavy (non-hydrogen) atoms. The molecule has 1 unspecified atom stereocenters. The van der Waals surface area contributed by atoms with Crippen LogP contribution in [0.1, 0.15) is 42.5 Å². The van der Waals surface area contributed by atoms with Crippen molar-refractivity contribution >= 4 is 11.6 Å². The van der Waals surface area contributed by atoms with Crippen LogP contribution in [0.4, 0.5) is 0 Å². The van der Waals surface area contributed by atoms with Crippen LogP contribution in [0.2, 0.25) is 0 Å². The first-order valence-corrected chi connectivity index (χ1v) is 4.82. The molecule has 80 valence electrons. The normalized spacial score (nSPS) is 12.2. The highest BCUT2D eigenvalue weighted by molar-refractivity contribution is 5.92. The summed E-state index contributed by atoms with van der Waals surface area (Å²) in [5.74, 6) is -0.212. The van der Waals surface area contributed by atoms with Crippen LogP contribution >= 0.6 is 0 Å². The van der Waals surface area contributed by atoms with E-state index in [4.69, 9.17) is 5.73 Å². The van der Waals surface area contributed by atoms with Gasteiger partial charge in [-0.15, -0.1) is 0 Å². The SMILES string of the molecule is CCC(=O)C(N)c1cccc(C(C)=O)n1. The number of ketones is 2. The van der Waals surface area contributed by atoms with Gasteiger partial charge in [0.05, 0.1) is 5.69 Å². The third-order valence-corrected chi connectivity index (χ3v) is 2.15. The Bertz CT molecular complexity index is 388. The second-order valence-electron chi connectivity index (χ2n) is 3.30. The molecule has 0 aliphatic heterocycles. The Kier molecular flexibility index (Phi) is 3.68. The van der Waals surface area contributed by atoms with Crippen molar-refractivity contribution < 1.29 is 9.59 Å². The van der Waals surface area contributed by atoms with E-state index in [2.05, 4.69) is 4.98 Å². The van der Waals surface area contributed by atoms with E-state index in [0.717, 1.165) is 0 Å².